The fraction of sp³-hybridized carbons (Fsp3) is 0.0345. The maximum Gasteiger partial charge on any atom is 0.137 e. The molecule has 0 aliphatic heterocycles. The van der Waals surface area contributed by atoms with E-state index in [0.717, 1.165) is 44.6 Å². The Morgan fingerprint density at radius 2 is 1.30 bits per heavy atom. The summed E-state index contributed by atoms with van der Waals surface area (Å²) in [6.07, 6.45) is 16.2. The molecule has 0 amide bonds. The summed E-state index contributed by atoms with van der Waals surface area (Å²) in [6, 6.07) is 63.9. The van der Waals surface area contributed by atoms with E-state index in [1.165, 1.54) is 66.1 Å². The highest BCUT2D eigenvalue weighted by Gasteiger charge is 2.37. The molecule has 8 aromatic carbocycles. The number of hydrogen-bond donors (Lipinski definition) is 0. The van der Waals surface area contributed by atoms with Crippen molar-refractivity contribution in [2.24, 2.45) is 5.92 Å². The first-order chi connectivity index (χ1) is 30.2. The summed E-state index contributed by atoms with van der Waals surface area (Å²) in [6.45, 7) is 0. The third-order valence-electron chi connectivity index (χ3n) is 13.1. The van der Waals surface area contributed by atoms with E-state index in [-0.39, 0.29) is 11.8 Å². The monoisotopic (exact) mass is 778 g/mol. The molecular weight excluding hydrogens is 741 g/mol. The van der Waals surface area contributed by atoms with Gasteiger partial charge < -0.3 is 13.9 Å². The van der Waals surface area contributed by atoms with E-state index < -0.39 is 0 Å². The van der Waals surface area contributed by atoms with Crippen molar-refractivity contribution in [2.75, 3.05) is 4.90 Å². The highest BCUT2D eigenvalue weighted by Crippen LogP contribution is 2.51. The maximum absolute atomic E-state index is 6.49. The summed E-state index contributed by atoms with van der Waals surface area (Å²) < 4.78 is 8.92. The molecule has 3 aliphatic carbocycles. The van der Waals surface area contributed by atoms with Crippen molar-refractivity contribution in [3.05, 3.63) is 240 Å². The number of para-hydroxylation sites is 2. The Balaban J connectivity index is 0.974. The van der Waals surface area contributed by atoms with Crippen LogP contribution in [-0.4, -0.2) is 4.57 Å². The van der Waals surface area contributed by atoms with E-state index in [1.807, 2.05) is 6.07 Å². The topological polar surface area (TPSA) is 21.3 Å². The molecule has 3 heteroatoms. The van der Waals surface area contributed by atoms with Crippen LogP contribution in [-0.2, 0) is 0 Å². The molecular formula is C58H38N2O. The normalized spacial score (nSPS) is 16.7. The fourth-order valence-corrected chi connectivity index (χ4v) is 10.4. The van der Waals surface area contributed by atoms with Gasteiger partial charge in [0.1, 0.15) is 11.2 Å². The van der Waals surface area contributed by atoms with Crippen molar-refractivity contribution in [2.45, 2.75) is 5.92 Å². The molecule has 0 saturated carbocycles. The molecule has 3 nitrogen and oxygen atoms in total. The van der Waals surface area contributed by atoms with E-state index in [0.29, 0.717) is 0 Å². The lowest BCUT2D eigenvalue weighted by Gasteiger charge is -2.40. The van der Waals surface area contributed by atoms with Gasteiger partial charge in [0.05, 0.1) is 27.8 Å². The van der Waals surface area contributed by atoms with Gasteiger partial charge >= 0.3 is 0 Å². The molecule has 286 valence electrons. The van der Waals surface area contributed by atoms with Gasteiger partial charge in [0.2, 0.25) is 0 Å². The zero-order valence-corrected chi connectivity index (χ0v) is 33.2. The van der Waals surface area contributed by atoms with Crippen molar-refractivity contribution in [1.29, 1.82) is 0 Å². The second-order valence-corrected chi connectivity index (χ2v) is 16.4. The number of anilines is 2. The second kappa shape index (κ2) is 13.3. The van der Waals surface area contributed by atoms with Crippen LogP contribution in [0.1, 0.15) is 17.0 Å². The van der Waals surface area contributed by atoms with Crippen molar-refractivity contribution in [3.8, 4) is 16.8 Å². The third-order valence-corrected chi connectivity index (χ3v) is 13.1. The molecule has 2 aromatic heterocycles. The molecule has 61 heavy (non-hydrogen) atoms. The number of furan rings is 1. The minimum atomic E-state index is 0.190. The lowest BCUT2D eigenvalue weighted by atomic mass is 9.68. The molecule has 10 aromatic rings. The Bertz CT molecular complexity index is 3600. The van der Waals surface area contributed by atoms with E-state index in [4.69, 9.17) is 4.42 Å². The van der Waals surface area contributed by atoms with Gasteiger partial charge in [-0.05, 0) is 111 Å². The van der Waals surface area contributed by atoms with E-state index in [2.05, 4.69) is 222 Å². The molecule has 2 heterocycles. The SMILES string of the molecule is C1=CC2=C(N(c3ccc(-c4cccc(-n5c6ccccc6c6cc7ccccc7cc65)c4)cc3)c3cccc4oc5ccccc5c34)C=C3C=Cc4ccccc4C3C2C=C1. The lowest BCUT2D eigenvalue weighted by Crippen LogP contribution is -2.28. The van der Waals surface area contributed by atoms with Crippen molar-refractivity contribution in [1.82, 2.24) is 4.57 Å². The highest BCUT2D eigenvalue weighted by molar-refractivity contribution is 6.14. The van der Waals surface area contributed by atoms with E-state index in [9.17, 15) is 0 Å². The van der Waals surface area contributed by atoms with Crippen LogP contribution in [0.2, 0.25) is 0 Å². The third kappa shape index (κ3) is 5.24. The Kier molecular flexibility index (Phi) is 7.43. The molecule has 0 saturated heterocycles. The van der Waals surface area contributed by atoms with Crippen molar-refractivity contribution >= 4 is 72.0 Å². The summed E-state index contributed by atoms with van der Waals surface area (Å²) in [4.78, 5) is 2.47. The van der Waals surface area contributed by atoms with Gasteiger partial charge in [0.15, 0.2) is 0 Å². The standard InChI is InChI=1S/C58H38N2O/c1-2-15-41-35-54-50(34-40(41)14-1)47-20-7-9-23-51(47)60(54)44-17-11-16-39(33-44)37-29-31-43(32-30-37)59(52-24-12-26-56-58(52)49-22-8-10-25-55(49)61-56)53-36-42-28-27-38-13-3-4-18-45(38)57(42)48-21-6-5-19-46(48)53/h1-36,48,57H. The maximum atomic E-state index is 6.49. The van der Waals surface area contributed by atoms with Crippen LogP contribution in [0.5, 0.6) is 0 Å². The van der Waals surface area contributed by atoms with Gasteiger partial charge in [-0.3, -0.25) is 0 Å². The van der Waals surface area contributed by atoms with Crippen LogP contribution in [0.4, 0.5) is 11.4 Å². The average molecular weight is 779 g/mol. The number of nitrogens with zero attached hydrogens (tertiary/aromatic N) is 2. The largest absolute Gasteiger partial charge is 0.456 e. The first-order valence-corrected chi connectivity index (χ1v) is 21.2. The van der Waals surface area contributed by atoms with Gasteiger partial charge in [-0.2, -0.15) is 0 Å². The molecule has 0 bridgehead atoms. The molecule has 0 fully saturated rings. The Morgan fingerprint density at radius 3 is 2.21 bits per heavy atom. The fourth-order valence-electron chi connectivity index (χ4n) is 10.4. The first kappa shape index (κ1) is 34.0. The Hall–Kier alpha value is -7.88. The Morgan fingerprint density at radius 1 is 0.525 bits per heavy atom. The average Bonchev–Trinajstić information content (AvgIpc) is 3.87. The van der Waals surface area contributed by atoms with Crippen molar-refractivity contribution in [3.63, 3.8) is 0 Å². The van der Waals surface area contributed by atoms with E-state index >= 15 is 0 Å². The van der Waals surface area contributed by atoms with E-state index in [1.54, 1.807) is 0 Å². The summed E-state index contributed by atoms with van der Waals surface area (Å²) in [5.41, 5.74) is 16.3. The van der Waals surface area contributed by atoms with Gasteiger partial charge in [-0.1, -0.05) is 152 Å². The molecule has 2 atom stereocenters. The molecule has 0 spiro atoms. The lowest BCUT2D eigenvalue weighted by molar-refractivity contribution is 0.636. The summed E-state index contributed by atoms with van der Waals surface area (Å²) in [7, 11) is 0. The number of hydrogen-bond acceptors (Lipinski definition) is 2. The molecule has 2 unspecified atom stereocenters. The van der Waals surface area contributed by atoms with Crippen LogP contribution in [0.25, 0.3) is 77.4 Å². The van der Waals surface area contributed by atoms with Gasteiger partial charge in [0, 0.05) is 39.4 Å². The van der Waals surface area contributed by atoms with Gasteiger partial charge in [-0.25, -0.2) is 0 Å². The molecule has 0 N–H and O–H groups in total. The molecule has 13 rings (SSSR count). The zero-order valence-electron chi connectivity index (χ0n) is 33.2. The summed E-state index contributed by atoms with van der Waals surface area (Å²) in [5.74, 6) is 0.436. The predicted molar refractivity (Wildman–Crippen MR) is 255 cm³/mol. The predicted octanol–water partition coefficient (Wildman–Crippen LogP) is 15.4. The van der Waals surface area contributed by atoms with Crippen LogP contribution < -0.4 is 4.90 Å². The van der Waals surface area contributed by atoms with Crippen LogP contribution in [0.15, 0.2) is 234 Å². The first-order valence-electron chi connectivity index (χ1n) is 21.2. The second-order valence-electron chi connectivity index (χ2n) is 16.4. The van der Waals surface area contributed by atoms with Crippen LogP contribution in [0.3, 0.4) is 0 Å². The number of aromatic nitrogens is 1. The van der Waals surface area contributed by atoms with Crippen LogP contribution in [0, 0.1) is 5.92 Å². The number of rotatable bonds is 5. The number of benzene rings is 8. The van der Waals surface area contributed by atoms with Crippen LogP contribution >= 0.6 is 0 Å². The molecule has 3 aliphatic rings. The Labute approximate surface area is 353 Å². The minimum Gasteiger partial charge on any atom is -0.456 e. The van der Waals surface area contributed by atoms with Gasteiger partial charge in [-0.15, -0.1) is 0 Å². The zero-order chi connectivity index (χ0) is 40.0. The molecule has 0 radical (unpaired) electrons. The van der Waals surface area contributed by atoms with Crippen molar-refractivity contribution < 1.29 is 4.42 Å². The number of allylic oxidation sites excluding steroid dienone is 8. The quantitative estimate of drug-likeness (QED) is 0.174. The highest BCUT2D eigenvalue weighted by atomic mass is 16.3. The van der Waals surface area contributed by atoms with Gasteiger partial charge in [0.25, 0.3) is 0 Å². The summed E-state index contributed by atoms with van der Waals surface area (Å²) >= 11 is 0. The smallest absolute Gasteiger partial charge is 0.137 e. The summed E-state index contributed by atoms with van der Waals surface area (Å²) in [5, 5.41) is 7.24. The minimum absolute atomic E-state index is 0.190. The number of fused-ring (bicyclic) bond motifs is 12.